The van der Waals surface area contributed by atoms with E-state index in [1.165, 1.54) is 0 Å². The van der Waals surface area contributed by atoms with E-state index in [0.717, 1.165) is 0 Å². The first-order chi connectivity index (χ1) is 39.2. The van der Waals surface area contributed by atoms with Crippen LogP contribution in [-0.4, -0.2) is 242 Å². The van der Waals surface area contributed by atoms with Crippen LogP contribution in [0.25, 0.3) is 0 Å². The number of carbonyl (C=O) groups excluding carboxylic acids is 6. The molecule has 6 amide bonds. The molecular weight excluding hydrogens is 1150 g/mol. The molecule has 86 heavy (non-hydrogen) atoms. The second-order valence-electron chi connectivity index (χ2n) is 27.2. The molecule has 0 bridgehead atoms. The van der Waals surface area contributed by atoms with E-state index in [1.54, 1.807) is 125 Å². The largest absolute Gasteiger partial charge is 0.444 e. The fourth-order valence-corrected chi connectivity index (χ4v) is 8.95. The van der Waals surface area contributed by atoms with Crippen molar-refractivity contribution in [3.8, 4) is 0 Å². The highest BCUT2D eigenvalue weighted by molar-refractivity contribution is 5.70. The monoisotopic (exact) mass is 1240 g/mol. The van der Waals surface area contributed by atoms with Gasteiger partial charge in [0.2, 0.25) is 0 Å². The van der Waals surface area contributed by atoms with Gasteiger partial charge in [0.15, 0.2) is 18.9 Å². The van der Waals surface area contributed by atoms with Crippen LogP contribution in [0, 0.1) is 0 Å². The zero-order valence-electron chi connectivity index (χ0n) is 52.3. The highest BCUT2D eigenvalue weighted by Crippen LogP contribution is 2.36. The number of carbonyl (C=O) groups is 6. The number of ether oxygens (including phenoxy) is 12. The third-order valence-corrected chi connectivity index (χ3v) is 12.3. The molecule has 19 atom stereocenters. The molecular formula is C53H96N8O25. The van der Waals surface area contributed by atoms with Gasteiger partial charge in [-0.1, -0.05) is 0 Å². The standard InChI is InChI=1S/C53H96N8O25/c1-48(2,3)81-42(69)54-20-25-31(64)33(66)28(56-44(71)83-50(7,8)9)39(75-25)78-36-24(59-61-47(74)86-53(16,17)18)19-23(58-60-46(73)85-52(13,14)15)30(63)38(36)80-41-35(68)37(27(22-62)77-41)79-40-29(57-45(72)84-51(10,11)12)34(67)32(65)26(76-40)21-55-43(70)82-49(4,5)6/h23-41,58-59,62-68H,19-22H2,1-18H3,(H,54,69)(H,55,70)(H,56,71)(H,57,72)(H,60,73)(H,61,74)/t23-,24+,25-,26+,27-,28-,29-,30+,31-,32-,33-,34-,35-,36-,37-,38-,39-,40-,41+/m1/s1. The lowest BCUT2D eigenvalue weighted by Crippen LogP contribution is -2.71. The van der Waals surface area contributed by atoms with E-state index in [1.807, 2.05) is 0 Å². The molecule has 15 N–H and O–H groups in total. The van der Waals surface area contributed by atoms with Gasteiger partial charge >= 0.3 is 36.6 Å². The van der Waals surface area contributed by atoms with Crippen LogP contribution in [0.4, 0.5) is 28.8 Å². The second kappa shape index (κ2) is 29.6. The van der Waals surface area contributed by atoms with Crippen molar-refractivity contribution in [2.45, 2.75) is 281 Å². The lowest BCUT2D eigenvalue weighted by atomic mass is 9.83. The Balaban J connectivity index is 1.85. The normalized spacial score (nSPS) is 32.8. The highest BCUT2D eigenvalue weighted by atomic mass is 16.8. The third-order valence-electron chi connectivity index (χ3n) is 12.3. The zero-order valence-corrected chi connectivity index (χ0v) is 52.3. The van der Waals surface area contributed by atoms with E-state index in [-0.39, 0.29) is 6.42 Å². The van der Waals surface area contributed by atoms with Crippen LogP contribution in [0.5, 0.6) is 0 Å². The number of alkyl carbamates (subject to hydrolysis) is 4. The fourth-order valence-electron chi connectivity index (χ4n) is 8.95. The van der Waals surface area contributed by atoms with E-state index in [4.69, 9.17) is 56.8 Å². The summed E-state index contributed by atoms with van der Waals surface area (Å²) in [7, 11) is 0. The van der Waals surface area contributed by atoms with Gasteiger partial charge in [-0.05, 0) is 131 Å². The van der Waals surface area contributed by atoms with Gasteiger partial charge in [-0.25, -0.2) is 39.6 Å². The summed E-state index contributed by atoms with van der Waals surface area (Å²) in [4.78, 5) is 78.7. The molecule has 0 unspecified atom stereocenters. The topological polar surface area (TPSA) is 451 Å². The van der Waals surface area contributed by atoms with Gasteiger partial charge < -0.3 is 114 Å². The van der Waals surface area contributed by atoms with Crippen molar-refractivity contribution in [2.75, 3.05) is 19.7 Å². The molecule has 1 saturated carbocycles. The summed E-state index contributed by atoms with van der Waals surface area (Å²) in [6.07, 6.45) is -34.0. The van der Waals surface area contributed by atoms with E-state index in [2.05, 4.69) is 43.0 Å². The van der Waals surface area contributed by atoms with Gasteiger partial charge in [-0.3, -0.25) is 10.9 Å². The minimum Gasteiger partial charge on any atom is -0.444 e. The Bertz CT molecular complexity index is 2240. The number of amides is 6. The molecule has 3 saturated heterocycles. The first kappa shape index (κ1) is 73.5. The van der Waals surface area contributed by atoms with Crippen LogP contribution in [0.15, 0.2) is 0 Å². The van der Waals surface area contributed by atoms with Crippen LogP contribution < -0.4 is 43.0 Å². The maximum atomic E-state index is 13.5. The molecule has 0 aromatic heterocycles. The summed E-state index contributed by atoms with van der Waals surface area (Å²) in [6.45, 7) is 26.5. The van der Waals surface area contributed by atoms with Gasteiger partial charge in [0.05, 0.1) is 24.8 Å². The van der Waals surface area contributed by atoms with Crippen LogP contribution >= 0.6 is 0 Å². The Morgan fingerprint density at radius 1 is 0.384 bits per heavy atom. The number of nitrogens with one attached hydrogen (secondary N) is 8. The molecule has 4 aliphatic rings. The summed E-state index contributed by atoms with van der Waals surface area (Å²) in [6, 6.07) is -6.19. The minimum atomic E-state index is -2.06. The molecule has 3 aliphatic heterocycles. The summed E-state index contributed by atoms with van der Waals surface area (Å²) in [5.41, 5.74) is 4.08. The maximum absolute atomic E-state index is 13.5. The Kier molecular flexibility index (Phi) is 25.3. The number of hydrogen-bond acceptors (Lipinski definition) is 27. The summed E-state index contributed by atoms with van der Waals surface area (Å²) < 4.78 is 70.1. The Morgan fingerprint density at radius 3 is 1.08 bits per heavy atom. The molecule has 33 heteroatoms. The minimum absolute atomic E-state index is 0.356. The molecule has 0 spiro atoms. The van der Waals surface area contributed by atoms with E-state index in [0.29, 0.717) is 0 Å². The summed E-state index contributed by atoms with van der Waals surface area (Å²) in [5.74, 6) is 0. The number of aliphatic hydroxyl groups excluding tert-OH is 7. The molecule has 0 aromatic rings. The van der Waals surface area contributed by atoms with Gasteiger partial charge in [0.1, 0.15) is 113 Å². The van der Waals surface area contributed by atoms with Crippen molar-refractivity contribution >= 4 is 36.6 Å². The smallest absolute Gasteiger partial charge is 0.422 e. The lowest BCUT2D eigenvalue weighted by molar-refractivity contribution is -0.312. The van der Waals surface area contributed by atoms with Crippen molar-refractivity contribution in [2.24, 2.45) is 0 Å². The van der Waals surface area contributed by atoms with Gasteiger partial charge in [0.25, 0.3) is 0 Å². The number of hydrogen-bond donors (Lipinski definition) is 15. The Morgan fingerprint density at radius 2 is 0.709 bits per heavy atom. The molecule has 498 valence electrons. The second-order valence-corrected chi connectivity index (χ2v) is 27.2. The number of hydrazine groups is 2. The maximum Gasteiger partial charge on any atom is 0.422 e. The molecule has 1 aliphatic carbocycles. The van der Waals surface area contributed by atoms with Crippen LogP contribution in [0.1, 0.15) is 131 Å². The first-order valence-corrected chi connectivity index (χ1v) is 28.3. The SMILES string of the molecule is CC(C)(C)OC(=O)NC[C@@H]1O[C@H](O[C@H]2[C@@H](O)[C@H](O[C@@H]3[C@@H](O)[C@H](NNC(=O)OC(C)(C)C)C[C@H](NNC(=O)OC(C)(C)C)[C@H]3O[C@H]3O[C@H](CNC(=O)OC(C)(C)C)[C@@H](O)[C@H](O)[C@H]3NC(=O)OC(C)(C)C)O[C@@H]2CO)[C@H](NC(=O)OC(C)(C)C)[C@@H](O)[C@@H]1O. The average molecular weight is 1250 g/mol. The molecule has 4 fully saturated rings. The van der Waals surface area contributed by atoms with Gasteiger partial charge in [0, 0.05) is 13.1 Å². The summed E-state index contributed by atoms with van der Waals surface area (Å²) in [5, 5.41) is 91.5. The molecule has 4 rings (SSSR count). The number of aliphatic hydroxyl groups is 7. The van der Waals surface area contributed by atoms with Crippen molar-refractivity contribution < 1.29 is 121 Å². The van der Waals surface area contributed by atoms with Crippen LogP contribution in [0.2, 0.25) is 0 Å². The highest BCUT2D eigenvalue weighted by Gasteiger charge is 2.57. The van der Waals surface area contributed by atoms with E-state index < -0.39 is 206 Å². The van der Waals surface area contributed by atoms with Gasteiger partial charge in [-0.2, -0.15) is 0 Å². The molecule has 3 heterocycles. The predicted octanol–water partition coefficient (Wildman–Crippen LogP) is -0.490. The van der Waals surface area contributed by atoms with Crippen LogP contribution in [0.3, 0.4) is 0 Å². The molecule has 33 nitrogen and oxygen atoms in total. The molecule has 0 radical (unpaired) electrons. The molecule has 0 aromatic carbocycles. The quantitative estimate of drug-likeness (QED) is 0.0645. The first-order valence-electron chi connectivity index (χ1n) is 28.3. The fraction of sp³-hybridized carbons (Fsp3) is 0.887. The lowest BCUT2D eigenvalue weighted by Gasteiger charge is -2.49. The third kappa shape index (κ3) is 23.5. The Hall–Kier alpha value is -4.98. The van der Waals surface area contributed by atoms with Crippen molar-refractivity contribution in [3.63, 3.8) is 0 Å². The van der Waals surface area contributed by atoms with Gasteiger partial charge in [-0.15, -0.1) is 0 Å². The Labute approximate surface area is 500 Å². The van der Waals surface area contributed by atoms with Crippen molar-refractivity contribution in [3.05, 3.63) is 0 Å². The van der Waals surface area contributed by atoms with Crippen molar-refractivity contribution in [1.29, 1.82) is 0 Å². The summed E-state index contributed by atoms with van der Waals surface area (Å²) >= 11 is 0. The van der Waals surface area contributed by atoms with Crippen LogP contribution in [-0.2, 0) is 56.8 Å². The average Bonchev–Trinajstić information content (AvgIpc) is 1.32. The number of rotatable bonds is 17. The van der Waals surface area contributed by atoms with E-state index >= 15 is 0 Å². The predicted molar refractivity (Wildman–Crippen MR) is 296 cm³/mol. The zero-order chi connectivity index (χ0) is 65.4. The van der Waals surface area contributed by atoms with E-state index in [9.17, 15) is 64.5 Å². The van der Waals surface area contributed by atoms with Crippen molar-refractivity contribution in [1.82, 2.24) is 43.0 Å².